The molecule has 17 heavy (non-hydrogen) atoms. The highest BCUT2D eigenvalue weighted by Crippen LogP contribution is 2.21. The van der Waals surface area contributed by atoms with Crippen LogP contribution >= 0.6 is 0 Å². The number of rotatable bonds is 4. The molecule has 0 aliphatic carbocycles. The molecule has 5 nitrogen and oxygen atoms in total. The van der Waals surface area contributed by atoms with Crippen molar-refractivity contribution in [3.63, 3.8) is 0 Å². The monoisotopic (exact) mass is 239 g/mol. The van der Waals surface area contributed by atoms with E-state index < -0.39 is 5.97 Å². The second kappa shape index (κ2) is 5.03. The molecule has 0 radical (unpaired) electrons. The summed E-state index contributed by atoms with van der Waals surface area (Å²) >= 11 is 0. The number of carbonyl (C=O) groups excluding carboxylic acids is 1. The number of amides is 1. The van der Waals surface area contributed by atoms with E-state index in [2.05, 4.69) is 0 Å². The molecular formula is C12H17NO4. The third-order valence-corrected chi connectivity index (χ3v) is 2.78. The Bertz CT molecular complexity index is 448. The van der Waals surface area contributed by atoms with Crippen molar-refractivity contribution in [1.82, 2.24) is 4.90 Å². The number of carboxylic acids is 1. The summed E-state index contributed by atoms with van der Waals surface area (Å²) in [4.78, 5) is 23.9. The molecule has 0 atom stereocenters. The van der Waals surface area contributed by atoms with E-state index in [1.165, 1.54) is 4.90 Å². The van der Waals surface area contributed by atoms with Crippen molar-refractivity contribution in [2.24, 2.45) is 0 Å². The summed E-state index contributed by atoms with van der Waals surface area (Å²) in [5.41, 5.74) is 1.35. The molecule has 0 bridgehead atoms. The third kappa shape index (κ3) is 2.87. The first-order chi connectivity index (χ1) is 7.84. The SMILES string of the molecule is Cc1oc(C)c(C(=O)N(C)CCC(=O)O)c1C. The maximum absolute atomic E-state index is 12.1. The van der Waals surface area contributed by atoms with Crippen LogP contribution in [-0.2, 0) is 4.79 Å². The molecule has 1 aromatic heterocycles. The third-order valence-electron chi connectivity index (χ3n) is 2.78. The van der Waals surface area contributed by atoms with Gasteiger partial charge in [-0.3, -0.25) is 9.59 Å². The normalized spacial score (nSPS) is 10.4. The van der Waals surface area contributed by atoms with Gasteiger partial charge in [-0.15, -0.1) is 0 Å². The van der Waals surface area contributed by atoms with Crippen molar-refractivity contribution in [3.8, 4) is 0 Å². The number of carboxylic acid groups (broad SMARTS) is 1. The Kier molecular flexibility index (Phi) is 3.93. The minimum absolute atomic E-state index is 0.0584. The van der Waals surface area contributed by atoms with Gasteiger partial charge in [-0.2, -0.15) is 0 Å². The second-order valence-corrected chi connectivity index (χ2v) is 4.08. The number of nitrogens with zero attached hydrogens (tertiary/aromatic N) is 1. The van der Waals surface area contributed by atoms with E-state index in [0.29, 0.717) is 11.3 Å². The van der Waals surface area contributed by atoms with E-state index in [1.807, 2.05) is 6.92 Å². The molecule has 0 aliphatic rings. The number of hydrogen-bond acceptors (Lipinski definition) is 3. The van der Waals surface area contributed by atoms with Crippen molar-refractivity contribution in [1.29, 1.82) is 0 Å². The van der Waals surface area contributed by atoms with Gasteiger partial charge in [0.15, 0.2) is 0 Å². The predicted molar refractivity (Wildman–Crippen MR) is 62.1 cm³/mol. The summed E-state index contributed by atoms with van der Waals surface area (Å²) < 4.78 is 5.38. The van der Waals surface area contributed by atoms with Crippen molar-refractivity contribution in [3.05, 3.63) is 22.6 Å². The van der Waals surface area contributed by atoms with Gasteiger partial charge in [-0.25, -0.2) is 0 Å². The van der Waals surface area contributed by atoms with Gasteiger partial charge in [-0.05, 0) is 20.8 Å². The maximum atomic E-state index is 12.1. The highest BCUT2D eigenvalue weighted by molar-refractivity contribution is 5.96. The Hall–Kier alpha value is -1.78. The average Bonchev–Trinajstić information content (AvgIpc) is 2.49. The van der Waals surface area contributed by atoms with Gasteiger partial charge in [0, 0.05) is 19.2 Å². The molecule has 0 spiro atoms. The van der Waals surface area contributed by atoms with Crippen LogP contribution < -0.4 is 0 Å². The van der Waals surface area contributed by atoms with E-state index in [9.17, 15) is 9.59 Å². The fourth-order valence-corrected chi connectivity index (χ4v) is 1.66. The van der Waals surface area contributed by atoms with Crippen LogP contribution in [0.25, 0.3) is 0 Å². The van der Waals surface area contributed by atoms with Gasteiger partial charge in [0.05, 0.1) is 12.0 Å². The first-order valence-electron chi connectivity index (χ1n) is 5.38. The highest BCUT2D eigenvalue weighted by Gasteiger charge is 2.21. The molecule has 0 aliphatic heterocycles. The summed E-state index contributed by atoms with van der Waals surface area (Å²) in [6, 6.07) is 0. The van der Waals surface area contributed by atoms with Crippen LogP contribution in [0.1, 0.15) is 33.9 Å². The van der Waals surface area contributed by atoms with Gasteiger partial charge in [0.2, 0.25) is 0 Å². The molecule has 94 valence electrons. The zero-order chi connectivity index (χ0) is 13.2. The van der Waals surface area contributed by atoms with Crippen LogP contribution in [0.2, 0.25) is 0 Å². The minimum atomic E-state index is -0.915. The number of aryl methyl sites for hydroxylation is 2. The van der Waals surface area contributed by atoms with Gasteiger partial charge in [0.1, 0.15) is 11.5 Å². The molecule has 0 saturated carbocycles. The molecule has 1 amide bonds. The fourth-order valence-electron chi connectivity index (χ4n) is 1.66. The van der Waals surface area contributed by atoms with Crippen molar-refractivity contribution in [2.75, 3.05) is 13.6 Å². The van der Waals surface area contributed by atoms with Crippen LogP contribution in [0.15, 0.2) is 4.42 Å². The smallest absolute Gasteiger partial charge is 0.305 e. The predicted octanol–water partition coefficient (Wildman–Crippen LogP) is 1.75. The molecule has 1 heterocycles. The second-order valence-electron chi connectivity index (χ2n) is 4.08. The standard InChI is InChI=1S/C12H17NO4/c1-7-8(2)17-9(3)11(7)12(16)13(4)6-5-10(14)15/h5-6H2,1-4H3,(H,14,15). The Morgan fingerprint density at radius 3 is 2.24 bits per heavy atom. The zero-order valence-corrected chi connectivity index (χ0v) is 10.5. The maximum Gasteiger partial charge on any atom is 0.305 e. The average molecular weight is 239 g/mol. The van der Waals surface area contributed by atoms with Gasteiger partial charge < -0.3 is 14.4 Å². The zero-order valence-electron chi connectivity index (χ0n) is 10.5. The van der Waals surface area contributed by atoms with Crippen molar-refractivity contribution >= 4 is 11.9 Å². The minimum Gasteiger partial charge on any atom is -0.481 e. The van der Waals surface area contributed by atoms with Crippen molar-refractivity contribution in [2.45, 2.75) is 27.2 Å². The summed E-state index contributed by atoms with van der Waals surface area (Å²) in [5, 5.41) is 8.57. The van der Waals surface area contributed by atoms with E-state index in [-0.39, 0.29) is 18.9 Å². The lowest BCUT2D eigenvalue weighted by Crippen LogP contribution is -2.29. The Morgan fingerprint density at radius 2 is 1.82 bits per heavy atom. The Balaban J connectivity index is 2.85. The summed E-state index contributed by atoms with van der Waals surface area (Å²) in [5.74, 6) is 0.184. The molecule has 0 unspecified atom stereocenters. The summed E-state index contributed by atoms with van der Waals surface area (Å²) in [6.45, 7) is 5.55. The molecule has 1 N–H and O–H groups in total. The lowest BCUT2D eigenvalue weighted by Gasteiger charge is -2.16. The van der Waals surface area contributed by atoms with Crippen LogP contribution in [0.3, 0.4) is 0 Å². The van der Waals surface area contributed by atoms with Crippen molar-refractivity contribution < 1.29 is 19.1 Å². The summed E-state index contributed by atoms with van der Waals surface area (Å²) in [7, 11) is 1.59. The van der Waals surface area contributed by atoms with E-state index >= 15 is 0 Å². The fraction of sp³-hybridized carbons (Fsp3) is 0.500. The first kappa shape index (κ1) is 13.3. The molecular weight excluding hydrogens is 222 g/mol. The first-order valence-corrected chi connectivity index (χ1v) is 5.38. The quantitative estimate of drug-likeness (QED) is 0.869. The van der Waals surface area contributed by atoms with Gasteiger partial charge in [0.25, 0.3) is 5.91 Å². The topological polar surface area (TPSA) is 70.8 Å². The van der Waals surface area contributed by atoms with Crippen LogP contribution in [-0.4, -0.2) is 35.5 Å². The van der Waals surface area contributed by atoms with Gasteiger partial charge >= 0.3 is 5.97 Å². The summed E-state index contributed by atoms with van der Waals surface area (Å²) in [6.07, 6.45) is -0.0584. The molecule has 5 heteroatoms. The lowest BCUT2D eigenvalue weighted by molar-refractivity contribution is -0.137. The largest absolute Gasteiger partial charge is 0.481 e. The van der Waals surface area contributed by atoms with Crippen LogP contribution in [0.4, 0.5) is 0 Å². The molecule has 1 rings (SSSR count). The molecule has 0 fully saturated rings. The number of furan rings is 1. The van der Waals surface area contributed by atoms with Crippen LogP contribution in [0, 0.1) is 20.8 Å². The molecule has 1 aromatic rings. The Labute approximate surface area is 100 Å². The number of carbonyl (C=O) groups is 2. The molecule has 0 saturated heterocycles. The lowest BCUT2D eigenvalue weighted by atomic mass is 10.1. The van der Waals surface area contributed by atoms with E-state index in [0.717, 1.165) is 11.3 Å². The molecule has 0 aromatic carbocycles. The van der Waals surface area contributed by atoms with Crippen LogP contribution in [0.5, 0.6) is 0 Å². The number of aliphatic carboxylic acids is 1. The highest BCUT2D eigenvalue weighted by atomic mass is 16.4. The Morgan fingerprint density at radius 1 is 1.24 bits per heavy atom. The number of hydrogen-bond donors (Lipinski definition) is 1. The van der Waals surface area contributed by atoms with E-state index in [4.69, 9.17) is 9.52 Å². The van der Waals surface area contributed by atoms with E-state index in [1.54, 1.807) is 20.9 Å². The van der Waals surface area contributed by atoms with Gasteiger partial charge in [-0.1, -0.05) is 0 Å².